The third-order valence-corrected chi connectivity index (χ3v) is 9.40. The molecule has 1 fully saturated rings. The third kappa shape index (κ3) is 6.41. The summed E-state index contributed by atoms with van der Waals surface area (Å²) in [6.07, 6.45) is 0.301. The quantitative estimate of drug-likeness (QED) is 0.290. The van der Waals surface area contributed by atoms with Gasteiger partial charge in [-0.2, -0.15) is 9.98 Å². The molecule has 1 aromatic heterocycles. The molecule has 2 N–H and O–H groups in total. The number of hydrogen-bond donors (Lipinski definition) is 2. The number of hydrogen-bond acceptors (Lipinski definition) is 7. The smallest absolute Gasteiger partial charge is 0.241 e. The number of sulfonamides is 1. The zero-order valence-corrected chi connectivity index (χ0v) is 23.9. The molecule has 0 spiro atoms. The summed E-state index contributed by atoms with van der Waals surface area (Å²) in [4.78, 5) is 29.1. The number of ether oxygens (including phenoxy) is 1. The molecule has 2 atom stereocenters. The minimum absolute atomic E-state index is 0.0243. The normalized spacial score (nSPS) is 16.0. The van der Waals surface area contributed by atoms with E-state index in [0.29, 0.717) is 29.0 Å². The number of thiophene rings is 1. The average molecular weight is 589 g/mol. The Hall–Kier alpha value is -4.24. The van der Waals surface area contributed by atoms with Gasteiger partial charge in [0.1, 0.15) is 22.7 Å². The summed E-state index contributed by atoms with van der Waals surface area (Å²) in [5.41, 5.74) is 1.66. The Bertz CT molecular complexity index is 1730. The van der Waals surface area contributed by atoms with Crippen LogP contribution in [-0.4, -0.2) is 44.8 Å². The van der Waals surface area contributed by atoms with Gasteiger partial charge >= 0.3 is 0 Å². The van der Waals surface area contributed by atoms with E-state index < -0.39 is 27.9 Å². The molecule has 0 radical (unpaired) electrons. The summed E-state index contributed by atoms with van der Waals surface area (Å²) in [5.74, 6) is -1.21. The molecule has 210 valence electrons. The predicted octanol–water partition coefficient (Wildman–Crippen LogP) is 3.79. The average Bonchev–Trinajstić information content (AvgIpc) is 3.60. The maximum Gasteiger partial charge on any atom is 0.241 e. The van der Waals surface area contributed by atoms with E-state index in [9.17, 15) is 18.0 Å². The molecule has 1 unspecified atom stereocenters. The maximum atomic E-state index is 13.6. The molecule has 1 aliphatic heterocycles. The van der Waals surface area contributed by atoms with Gasteiger partial charge in [-0.05, 0) is 64.0 Å². The summed E-state index contributed by atoms with van der Waals surface area (Å²) < 4.78 is 35.1. The number of likely N-dealkylation sites (tertiary alicyclic amines) is 1. The van der Waals surface area contributed by atoms with Crippen molar-refractivity contribution in [1.29, 1.82) is 5.26 Å². The first-order valence-electron chi connectivity index (χ1n) is 13.0. The highest BCUT2D eigenvalue weighted by atomic mass is 32.2. The first-order valence-corrected chi connectivity index (χ1v) is 15.3. The van der Waals surface area contributed by atoms with E-state index in [4.69, 9.17) is 10.00 Å². The third-order valence-electron chi connectivity index (χ3n) is 7.08. The van der Waals surface area contributed by atoms with Gasteiger partial charge in [-0.15, -0.1) is 11.3 Å². The SMILES string of the molecule is COc1ccc2ccc(S(=O)(=O)NC(C(=O)NCc3ccccc3)[C@@H]3CCN(Cc4csc(C#N)c4)C3=O)cc2c1. The molecule has 9 nitrogen and oxygen atoms in total. The van der Waals surface area contributed by atoms with Crippen LogP contribution >= 0.6 is 11.3 Å². The van der Waals surface area contributed by atoms with Gasteiger partial charge in [0.15, 0.2) is 0 Å². The highest BCUT2D eigenvalue weighted by Gasteiger charge is 2.42. The summed E-state index contributed by atoms with van der Waals surface area (Å²) in [7, 11) is -2.66. The van der Waals surface area contributed by atoms with Crippen molar-refractivity contribution in [1.82, 2.24) is 14.9 Å². The van der Waals surface area contributed by atoms with Crippen LogP contribution in [0.2, 0.25) is 0 Å². The number of benzene rings is 3. The molecule has 5 rings (SSSR count). The predicted molar refractivity (Wildman–Crippen MR) is 155 cm³/mol. The monoisotopic (exact) mass is 588 g/mol. The number of nitrogens with one attached hydrogen (secondary N) is 2. The molecule has 41 heavy (non-hydrogen) atoms. The molecule has 11 heteroatoms. The Labute approximate surface area is 242 Å². The van der Waals surface area contributed by atoms with E-state index in [1.54, 1.807) is 29.2 Å². The molecule has 0 saturated carbocycles. The summed E-state index contributed by atoms with van der Waals surface area (Å²) in [5, 5.41) is 15.2. The van der Waals surface area contributed by atoms with Crippen molar-refractivity contribution in [3.63, 3.8) is 0 Å². The van der Waals surface area contributed by atoms with E-state index in [-0.39, 0.29) is 23.9 Å². The largest absolute Gasteiger partial charge is 0.497 e. The molecule has 3 aromatic carbocycles. The Balaban J connectivity index is 1.40. The first kappa shape index (κ1) is 28.3. The van der Waals surface area contributed by atoms with E-state index in [1.165, 1.54) is 30.6 Å². The van der Waals surface area contributed by atoms with Crippen LogP contribution in [0.25, 0.3) is 10.8 Å². The number of carbonyl (C=O) groups excluding carboxylic acids is 2. The van der Waals surface area contributed by atoms with Gasteiger partial charge in [0, 0.05) is 19.6 Å². The number of nitriles is 1. The molecule has 1 saturated heterocycles. The number of fused-ring (bicyclic) bond motifs is 1. The number of rotatable bonds is 10. The van der Waals surface area contributed by atoms with Gasteiger partial charge in [0.25, 0.3) is 0 Å². The van der Waals surface area contributed by atoms with E-state index >= 15 is 0 Å². The highest BCUT2D eigenvalue weighted by molar-refractivity contribution is 7.89. The van der Waals surface area contributed by atoms with Crippen LogP contribution in [0.5, 0.6) is 5.75 Å². The molecule has 1 aliphatic rings. The van der Waals surface area contributed by atoms with Gasteiger partial charge in [0.2, 0.25) is 21.8 Å². The van der Waals surface area contributed by atoms with Crippen molar-refractivity contribution < 1.29 is 22.7 Å². The van der Waals surface area contributed by atoms with Gasteiger partial charge in [-0.25, -0.2) is 8.42 Å². The number of carbonyl (C=O) groups is 2. The van der Waals surface area contributed by atoms with Crippen molar-refractivity contribution in [2.24, 2.45) is 5.92 Å². The lowest BCUT2D eigenvalue weighted by Crippen LogP contribution is -2.52. The minimum Gasteiger partial charge on any atom is -0.497 e. The fourth-order valence-electron chi connectivity index (χ4n) is 4.91. The van der Waals surface area contributed by atoms with Gasteiger partial charge in [-0.3, -0.25) is 9.59 Å². The lowest BCUT2D eigenvalue weighted by Gasteiger charge is -2.24. The van der Waals surface area contributed by atoms with Gasteiger partial charge < -0.3 is 15.0 Å². The van der Waals surface area contributed by atoms with E-state index in [0.717, 1.165) is 16.5 Å². The van der Waals surface area contributed by atoms with Crippen LogP contribution in [0, 0.1) is 17.2 Å². The Kier molecular flexibility index (Phi) is 8.35. The summed E-state index contributed by atoms with van der Waals surface area (Å²) in [6.45, 7) is 0.830. The van der Waals surface area contributed by atoms with Crippen LogP contribution in [0.4, 0.5) is 0 Å². The molecule has 4 aromatic rings. The topological polar surface area (TPSA) is 129 Å². The van der Waals surface area contributed by atoms with Crippen LogP contribution < -0.4 is 14.8 Å². The second-order valence-corrected chi connectivity index (χ2v) is 12.4. The zero-order valence-electron chi connectivity index (χ0n) is 22.2. The zero-order chi connectivity index (χ0) is 29.0. The minimum atomic E-state index is -4.19. The van der Waals surface area contributed by atoms with Crippen LogP contribution in [0.3, 0.4) is 0 Å². The molecule has 0 bridgehead atoms. The number of nitrogens with zero attached hydrogens (tertiary/aromatic N) is 2. The van der Waals surface area contributed by atoms with Gasteiger partial charge in [0.05, 0.1) is 17.9 Å². The summed E-state index contributed by atoms with van der Waals surface area (Å²) in [6, 6.07) is 21.8. The molecule has 2 amide bonds. The lowest BCUT2D eigenvalue weighted by molar-refractivity contribution is -0.135. The number of methoxy groups -OCH3 is 1. The van der Waals surface area contributed by atoms with Crippen molar-refractivity contribution >= 4 is 43.9 Å². The summed E-state index contributed by atoms with van der Waals surface area (Å²) >= 11 is 1.30. The van der Waals surface area contributed by atoms with Crippen LogP contribution in [0.1, 0.15) is 22.4 Å². The van der Waals surface area contributed by atoms with E-state index in [2.05, 4.69) is 16.1 Å². The van der Waals surface area contributed by atoms with Crippen molar-refractivity contribution in [2.45, 2.75) is 30.4 Å². The Morgan fingerprint density at radius 1 is 1.10 bits per heavy atom. The fourth-order valence-corrected chi connectivity index (χ4v) is 6.88. The Morgan fingerprint density at radius 2 is 1.88 bits per heavy atom. The van der Waals surface area contributed by atoms with E-state index in [1.807, 2.05) is 41.8 Å². The molecular formula is C30H28N4O5S2. The van der Waals surface area contributed by atoms with Crippen LogP contribution in [0.15, 0.2) is 83.1 Å². The standard InChI is InChI=1S/C30H28N4O5S2/c1-39-24-9-7-22-8-10-26(15-23(22)14-24)41(37,38)33-28(29(35)32-17-20-5-3-2-4-6-20)27-11-12-34(30(27)36)18-21-13-25(16-31)40-19-21/h2-10,13-15,19,27-28,33H,11-12,17-18H2,1H3,(H,32,35)/t27-,28?/m0/s1. The van der Waals surface area contributed by atoms with Crippen molar-refractivity contribution in [2.75, 3.05) is 13.7 Å². The Morgan fingerprint density at radius 3 is 2.61 bits per heavy atom. The molecule has 2 heterocycles. The van der Waals surface area contributed by atoms with Crippen LogP contribution in [-0.2, 0) is 32.7 Å². The lowest BCUT2D eigenvalue weighted by atomic mass is 9.98. The van der Waals surface area contributed by atoms with Crippen molar-refractivity contribution in [3.05, 3.63) is 94.2 Å². The van der Waals surface area contributed by atoms with Crippen molar-refractivity contribution in [3.8, 4) is 11.8 Å². The van der Waals surface area contributed by atoms with Gasteiger partial charge in [-0.1, -0.05) is 42.5 Å². The fraction of sp³-hybridized carbons (Fsp3) is 0.233. The highest BCUT2D eigenvalue weighted by Crippen LogP contribution is 2.28. The molecule has 0 aliphatic carbocycles. The first-order chi connectivity index (χ1) is 19.8. The number of amides is 2. The second kappa shape index (κ2) is 12.1. The maximum absolute atomic E-state index is 13.6. The molecular weight excluding hydrogens is 560 g/mol. The second-order valence-electron chi connectivity index (χ2n) is 9.76.